The molecule has 3 atom stereocenters. The van der Waals surface area contributed by atoms with E-state index in [9.17, 15) is 4.21 Å². The van der Waals surface area contributed by atoms with E-state index in [1.165, 1.54) is 0 Å². The predicted octanol–water partition coefficient (Wildman–Crippen LogP) is 4.96. The van der Waals surface area contributed by atoms with Gasteiger partial charge < -0.3 is 9.47 Å². The molecule has 5 heteroatoms. The van der Waals surface area contributed by atoms with Crippen LogP contribution in [0.1, 0.15) is 44.7 Å². The zero-order valence-electron chi connectivity index (χ0n) is 19.1. The number of benzene rings is 2. The van der Waals surface area contributed by atoms with Crippen LogP contribution in [0.2, 0.25) is 0 Å². The molecule has 0 saturated carbocycles. The molecule has 0 spiro atoms. The van der Waals surface area contributed by atoms with E-state index in [0.29, 0.717) is 32.6 Å². The fourth-order valence-electron chi connectivity index (χ4n) is 3.35. The molecule has 0 bridgehead atoms. The first-order chi connectivity index (χ1) is 14.9. The minimum Gasteiger partial charge on any atom is -0.380 e. The molecular formula is C26H35NO3S. The number of terminal acetylenes is 1. The second-order valence-electron chi connectivity index (χ2n) is 8.51. The van der Waals surface area contributed by atoms with Gasteiger partial charge >= 0.3 is 0 Å². The van der Waals surface area contributed by atoms with Gasteiger partial charge in [-0.2, -0.15) is 0 Å². The summed E-state index contributed by atoms with van der Waals surface area (Å²) in [5, 5.41) is 0. The Morgan fingerprint density at radius 1 is 1.03 bits per heavy atom. The lowest BCUT2D eigenvalue weighted by atomic mass is 10.1. The highest BCUT2D eigenvalue weighted by Crippen LogP contribution is 2.25. The summed E-state index contributed by atoms with van der Waals surface area (Å²) in [5.41, 5.74) is 2.20. The van der Waals surface area contributed by atoms with Crippen molar-refractivity contribution in [1.29, 1.82) is 0 Å². The van der Waals surface area contributed by atoms with Crippen LogP contribution >= 0.6 is 0 Å². The van der Waals surface area contributed by atoms with Gasteiger partial charge in [-0.3, -0.25) is 0 Å². The standard InChI is InChI=1S/C26H35NO3S/c1-6-7-18-25(29-5)24(21-30-20-23-16-12-9-13-17-23)27(31(28)26(2,3)4)19-22-14-10-8-11-15-22/h1,8-17,24-25H,7,18-21H2,2-5H3/t24-,25+,31?/m1/s1. The van der Waals surface area contributed by atoms with Gasteiger partial charge in [0.2, 0.25) is 0 Å². The van der Waals surface area contributed by atoms with Crippen LogP contribution in [0.15, 0.2) is 60.7 Å². The second-order valence-corrected chi connectivity index (χ2v) is 10.7. The van der Waals surface area contributed by atoms with E-state index in [2.05, 4.69) is 18.1 Å². The van der Waals surface area contributed by atoms with Crippen molar-refractivity contribution in [3.63, 3.8) is 0 Å². The van der Waals surface area contributed by atoms with Crippen molar-refractivity contribution in [3.05, 3.63) is 71.8 Å². The monoisotopic (exact) mass is 441 g/mol. The summed E-state index contributed by atoms with van der Waals surface area (Å²) in [6.45, 7) is 7.40. The lowest BCUT2D eigenvalue weighted by Crippen LogP contribution is -2.51. The van der Waals surface area contributed by atoms with Gasteiger partial charge in [-0.1, -0.05) is 60.7 Å². The van der Waals surface area contributed by atoms with Gasteiger partial charge in [0.15, 0.2) is 0 Å². The second kappa shape index (κ2) is 12.8. The number of hydrogen-bond acceptors (Lipinski definition) is 3. The number of ether oxygens (including phenoxy) is 2. The van der Waals surface area contributed by atoms with Crippen molar-refractivity contribution in [3.8, 4) is 12.3 Å². The van der Waals surface area contributed by atoms with Gasteiger partial charge in [-0.15, -0.1) is 12.3 Å². The first-order valence-electron chi connectivity index (χ1n) is 10.7. The normalized spacial score (nSPS) is 14.7. The van der Waals surface area contributed by atoms with Crippen LogP contribution in [0.25, 0.3) is 0 Å². The van der Waals surface area contributed by atoms with Crippen molar-refractivity contribution in [2.75, 3.05) is 13.7 Å². The number of methoxy groups -OCH3 is 1. The Balaban J connectivity index is 2.30. The summed E-state index contributed by atoms with van der Waals surface area (Å²) in [6.07, 6.45) is 6.61. The van der Waals surface area contributed by atoms with Crippen molar-refractivity contribution in [1.82, 2.24) is 4.31 Å². The van der Waals surface area contributed by atoms with Gasteiger partial charge in [0.1, 0.15) is 11.0 Å². The number of hydrogen-bond donors (Lipinski definition) is 0. The Morgan fingerprint density at radius 2 is 1.61 bits per heavy atom. The van der Waals surface area contributed by atoms with Crippen LogP contribution in [-0.2, 0) is 33.6 Å². The maximum Gasteiger partial charge on any atom is 0.100 e. The molecule has 0 saturated heterocycles. The largest absolute Gasteiger partial charge is 0.380 e. The van der Waals surface area contributed by atoms with Crippen LogP contribution in [-0.4, -0.2) is 39.1 Å². The van der Waals surface area contributed by atoms with Gasteiger partial charge in [0.05, 0.1) is 30.1 Å². The fourth-order valence-corrected chi connectivity index (χ4v) is 4.77. The summed E-state index contributed by atoms with van der Waals surface area (Å²) >= 11 is 0. The molecule has 2 aromatic rings. The molecule has 0 radical (unpaired) electrons. The van der Waals surface area contributed by atoms with Crippen molar-refractivity contribution in [2.24, 2.45) is 0 Å². The molecule has 0 N–H and O–H groups in total. The maximum atomic E-state index is 13.6. The Hall–Kier alpha value is -1.97. The lowest BCUT2D eigenvalue weighted by Gasteiger charge is -2.38. The van der Waals surface area contributed by atoms with Gasteiger partial charge in [0, 0.05) is 20.1 Å². The minimum atomic E-state index is -1.26. The molecular weight excluding hydrogens is 406 g/mol. The molecule has 0 aromatic heterocycles. The Morgan fingerprint density at radius 3 is 2.13 bits per heavy atom. The molecule has 4 nitrogen and oxygen atoms in total. The molecule has 0 aliphatic carbocycles. The third kappa shape index (κ3) is 8.23. The third-order valence-electron chi connectivity index (χ3n) is 4.99. The van der Waals surface area contributed by atoms with Crippen molar-refractivity contribution >= 4 is 11.0 Å². The van der Waals surface area contributed by atoms with Gasteiger partial charge in [-0.25, -0.2) is 8.51 Å². The average molecular weight is 442 g/mol. The van der Waals surface area contributed by atoms with Crippen molar-refractivity contribution in [2.45, 2.75) is 63.7 Å². The van der Waals surface area contributed by atoms with Gasteiger partial charge in [0.25, 0.3) is 0 Å². The van der Waals surface area contributed by atoms with Gasteiger partial charge in [-0.05, 0) is 38.3 Å². The quantitative estimate of drug-likeness (QED) is 0.437. The van der Waals surface area contributed by atoms with Crippen LogP contribution in [0, 0.1) is 12.3 Å². The first-order valence-corrected chi connectivity index (χ1v) is 11.8. The number of rotatable bonds is 12. The third-order valence-corrected chi connectivity index (χ3v) is 6.87. The van der Waals surface area contributed by atoms with Crippen LogP contribution < -0.4 is 0 Å². The Bertz CT molecular complexity index is 827. The summed E-state index contributed by atoms with van der Waals surface area (Å²) in [7, 11) is 0.427. The van der Waals surface area contributed by atoms with Crippen molar-refractivity contribution < 1.29 is 13.7 Å². The highest BCUT2D eigenvalue weighted by atomic mass is 32.2. The summed E-state index contributed by atoms with van der Waals surface area (Å²) in [4.78, 5) is 0. The highest BCUT2D eigenvalue weighted by molar-refractivity contribution is 7.84. The molecule has 2 aromatic carbocycles. The first kappa shape index (κ1) is 25.3. The van der Waals surface area contributed by atoms with E-state index in [0.717, 1.165) is 11.1 Å². The zero-order chi connectivity index (χ0) is 22.7. The van der Waals surface area contributed by atoms with Crippen LogP contribution in [0.5, 0.6) is 0 Å². The Kier molecular flexibility index (Phi) is 10.4. The van der Waals surface area contributed by atoms with E-state index in [-0.39, 0.29) is 12.1 Å². The molecule has 31 heavy (non-hydrogen) atoms. The average Bonchev–Trinajstić information content (AvgIpc) is 2.77. The zero-order valence-corrected chi connectivity index (χ0v) is 19.9. The molecule has 0 aliphatic heterocycles. The smallest absolute Gasteiger partial charge is 0.100 e. The summed E-state index contributed by atoms with van der Waals surface area (Å²) in [6, 6.07) is 19.9. The lowest BCUT2D eigenvalue weighted by molar-refractivity contribution is -0.0131. The van der Waals surface area contributed by atoms with Crippen LogP contribution in [0.4, 0.5) is 0 Å². The SMILES string of the molecule is C#CCC[C@H](OC)[C@@H](COCc1ccccc1)N(Cc1ccccc1)S(=O)C(C)(C)C. The molecule has 0 aliphatic rings. The Labute approximate surface area is 190 Å². The molecule has 0 fully saturated rings. The molecule has 1 unspecified atom stereocenters. The molecule has 0 heterocycles. The van der Waals surface area contributed by atoms with Crippen LogP contribution in [0.3, 0.4) is 0 Å². The fraction of sp³-hybridized carbons (Fsp3) is 0.462. The van der Waals surface area contributed by atoms with E-state index < -0.39 is 15.7 Å². The van der Waals surface area contributed by atoms with E-state index >= 15 is 0 Å². The minimum absolute atomic E-state index is 0.193. The van der Waals surface area contributed by atoms with E-state index in [4.69, 9.17) is 15.9 Å². The van der Waals surface area contributed by atoms with E-state index in [1.54, 1.807) is 7.11 Å². The summed E-state index contributed by atoms with van der Waals surface area (Å²) < 4.78 is 27.2. The highest BCUT2D eigenvalue weighted by Gasteiger charge is 2.36. The number of nitrogens with zero attached hydrogens (tertiary/aromatic N) is 1. The maximum absolute atomic E-state index is 13.6. The molecule has 2 rings (SSSR count). The summed E-state index contributed by atoms with van der Waals surface area (Å²) in [5.74, 6) is 2.70. The van der Waals surface area contributed by atoms with E-state index in [1.807, 2.05) is 73.6 Å². The molecule has 0 amide bonds. The molecule has 168 valence electrons. The predicted molar refractivity (Wildman–Crippen MR) is 129 cm³/mol. The topological polar surface area (TPSA) is 38.8 Å².